The number of amides is 2. The number of nitrogens with zero attached hydrogens (tertiary/aromatic N) is 2. The molecule has 0 aliphatic carbocycles. The third-order valence-electron chi connectivity index (χ3n) is 4.69. The number of hydrogen-bond donors (Lipinski definition) is 1. The number of nitrogens with one attached hydrogen (secondary N) is 1. The lowest BCUT2D eigenvalue weighted by Gasteiger charge is -2.35. The van der Waals surface area contributed by atoms with Crippen LogP contribution in [-0.2, 0) is 14.8 Å². The van der Waals surface area contributed by atoms with Crippen LogP contribution in [-0.4, -0.2) is 61.7 Å². The van der Waals surface area contributed by atoms with Crippen LogP contribution in [0.1, 0.15) is 22.8 Å². The van der Waals surface area contributed by atoms with Gasteiger partial charge in [0.05, 0.1) is 4.34 Å². The summed E-state index contributed by atoms with van der Waals surface area (Å²) in [4.78, 5) is 26.6. The second kappa shape index (κ2) is 8.83. The molecule has 1 fully saturated rings. The fourth-order valence-electron chi connectivity index (χ4n) is 3.11. The molecule has 0 saturated carbocycles. The van der Waals surface area contributed by atoms with Gasteiger partial charge in [-0.25, -0.2) is 8.42 Å². The summed E-state index contributed by atoms with van der Waals surface area (Å²) in [5.74, 6) is -0.549. The number of sulfonamides is 1. The Labute approximate surface area is 179 Å². The van der Waals surface area contributed by atoms with Gasteiger partial charge < -0.3 is 10.2 Å². The minimum absolute atomic E-state index is 0.195. The molecular formula is C19H22ClN3O4S2. The molecule has 1 aromatic carbocycles. The monoisotopic (exact) mass is 455 g/mol. The number of piperazine rings is 1. The molecule has 29 heavy (non-hydrogen) atoms. The van der Waals surface area contributed by atoms with Gasteiger partial charge in [0.25, 0.3) is 15.9 Å². The lowest BCUT2D eigenvalue weighted by Crippen LogP contribution is -2.55. The van der Waals surface area contributed by atoms with Crippen LogP contribution in [0.25, 0.3) is 0 Å². The molecule has 7 nitrogen and oxygen atoms in total. The van der Waals surface area contributed by atoms with Crippen LogP contribution in [0, 0.1) is 6.92 Å². The molecule has 0 spiro atoms. The standard InChI is InChI=1S/C19H22ClN3O4S2/c1-13-4-3-5-15(12-13)18(24)21-14(2)19(25)22-8-10-23(11-9-22)29(26,27)17-7-6-16(20)28-17/h3-7,12,14H,8-11H2,1-2H3,(H,21,24)/t14-/m0/s1. The molecule has 0 bridgehead atoms. The second-order valence-electron chi connectivity index (χ2n) is 6.85. The molecule has 1 saturated heterocycles. The molecule has 0 radical (unpaired) electrons. The smallest absolute Gasteiger partial charge is 0.252 e. The van der Waals surface area contributed by atoms with Crippen molar-refractivity contribution < 1.29 is 18.0 Å². The van der Waals surface area contributed by atoms with E-state index in [0.29, 0.717) is 9.90 Å². The molecule has 1 aliphatic heterocycles. The molecule has 1 atom stereocenters. The van der Waals surface area contributed by atoms with Crippen molar-refractivity contribution in [3.63, 3.8) is 0 Å². The fraction of sp³-hybridized carbons (Fsp3) is 0.368. The van der Waals surface area contributed by atoms with E-state index in [-0.39, 0.29) is 42.2 Å². The zero-order valence-corrected chi connectivity index (χ0v) is 18.5. The molecule has 1 aromatic heterocycles. The van der Waals surface area contributed by atoms with Crippen molar-refractivity contribution in [1.82, 2.24) is 14.5 Å². The highest BCUT2D eigenvalue weighted by Gasteiger charge is 2.32. The Morgan fingerprint density at radius 1 is 1.14 bits per heavy atom. The van der Waals surface area contributed by atoms with E-state index in [9.17, 15) is 18.0 Å². The van der Waals surface area contributed by atoms with E-state index in [1.165, 1.54) is 10.4 Å². The van der Waals surface area contributed by atoms with Gasteiger partial charge in [-0.05, 0) is 38.1 Å². The molecule has 1 aliphatic rings. The van der Waals surface area contributed by atoms with E-state index in [2.05, 4.69) is 5.32 Å². The lowest BCUT2D eigenvalue weighted by atomic mass is 10.1. The quantitative estimate of drug-likeness (QED) is 0.749. The zero-order chi connectivity index (χ0) is 21.2. The molecular weight excluding hydrogens is 434 g/mol. The first-order valence-electron chi connectivity index (χ1n) is 9.10. The predicted molar refractivity (Wildman–Crippen MR) is 113 cm³/mol. The number of carbonyl (C=O) groups excluding carboxylic acids is 2. The molecule has 0 unspecified atom stereocenters. The summed E-state index contributed by atoms with van der Waals surface area (Å²) < 4.78 is 27.3. The van der Waals surface area contributed by atoms with Crippen LogP contribution >= 0.6 is 22.9 Å². The van der Waals surface area contributed by atoms with Crippen LogP contribution in [0.15, 0.2) is 40.6 Å². The van der Waals surface area contributed by atoms with Gasteiger partial charge in [0.2, 0.25) is 5.91 Å². The maximum Gasteiger partial charge on any atom is 0.252 e. The second-order valence-corrected chi connectivity index (χ2v) is 10.7. The Bertz CT molecular complexity index is 1010. The average Bonchev–Trinajstić information content (AvgIpc) is 3.14. The first kappa shape index (κ1) is 21.8. The molecule has 156 valence electrons. The minimum atomic E-state index is -3.61. The topological polar surface area (TPSA) is 86.8 Å². The number of benzene rings is 1. The van der Waals surface area contributed by atoms with Gasteiger partial charge in [-0.3, -0.25) is 9.59 Å². The van der Waals surface area contributed by atoms with Gasteiger partial charge in [-0.2, -0.15) is 4.31 Å². The fourth-order valence-corrected chi connectivity index (χ4v) is 6.17. The van der Waals surface area contributed by atoms with Crippen LogP contribution in [0.5, 0.6) is 0 Å². The van der Waals surface area contributed by atoms with Gasteiger partial charge >= 0.3 is 0 Å². The van der Waals surface area contributed by atoms with Gasteiger partial charge in [-0.15, -0.1) is 11.3 Å². The van der Waals surface area contributed by atoms with Crippen molar-refractivity contribution in [2.75, 3.05) is 26.2 Å². The summed E-state index contributed by atoms with van der Waals surface area (Å²) in [5, 5.41) is 2.72. The number of hydrogen-bond acceptors (Lipinski definition) is 5. The van der Waals surface area contributed by atoms with Crippen molar-refractivity contribution in [3.05, 3.63) is 51.9 Å². The van der Waals surface area contributed by atoms with Gasteiger partial charge in [0.1, 0.15) is 10.3 Å². The number of aryl methyl sites for hydroxylation is 1. The van der Waals surface area contributed by atoms with Crippen LogP contribution < -0.4 is 5.32 Å². The normalized spacial score (nSPS) is 16.4. The largest absolute Gasteiger partial charge is 0.341 e. The van der Waals surface area contributed by atoms with E-state index >= 15 is 0 Å². The third-order valence-corrected chi connectivity index (χ3v) is 8.29. The Morgan fingerprint density at radius 3 is 2.41 bits per heavy atom. The SMILES string of the molecule is Cc1cccc(C(=O)N[C@@H](C)C(=O)N2CCN(S(=O)(=O)c3ccc(Cl)s3)CC2)c1. The number of thiophene rings is 1. The van der Waals surface area contributed by atoms with Crippen LogP contribution in [0.4, 0.5) is 0 Å². The molecule has 2 heterocycles. The summed E-state index contributed by atoms with van der Waals surface area (Å²) in [5.41, 5.74) is 1.45. The summed E-state index contributed by atoms with van der Waals surface area (Å²) in [6.45, 7) is 4.45. The summed E-state index contributed by atoms with van der Waals surface area (Å²) in [7, 11) is -3.61. The molecule has 2 aromatic rings. The van der Waals surface area contributed by atoms with E-state index < -0.39 is 16.1 Å². The van der Waals surface area contributed by atoms with Crippen LogP contribution in [0.3, 0.4) is 0 Å². The molecule has 10 heteroatoms. The molecule has 3 rings (SSSR count). The highest BCUT2D eigenvalue weighted by molar-refractivity contribution is 7.91. The van der Waals surface area contributed by atoms with E-state index in [0.717, 1.165) is 16.9 Å². The van der Waals surface area contributed by atoms with Crippen molar-refractivity contribution in [2.45, 2.75) is 24.1 Å². The highest BCUT2D eigenvalue weighted by Crippen LogP contribution is 2.28. The Hall–Kier alpha value is -1.94. The summed E-state index contributed by atoms with van der Waals surface area (Å²) in [6.07, 6.45) is 0. The van der Waals surface area contributed by atoms with E-state index in [1.807, 2.05) is 13.0 Å². The molecule has 1 N–H and O–H groups in total. The van der Waals surface area contributed by atoms with Crippen molar-refractivity contribution in [3.8, 4) is 0 Å². The minimum Gasteiger partial charge on any atom is -0.341 e. The van der Waals surface area contributed by atoms with Crippen LogP contribution in [0.2, 0.25) is 4.34 Å². The lowest BCUT2D eigenvalue weighted by molar-refractivity contribution is -0.134. The first-order chi connectivity index (χ1) is 13.7. The Balaban J connectivity index is 1.57. The number of halogens is 1. The molecule has 2 amide bonds. The Morgan fingerprint density at radius 2 is 1.83 bits per heavy atom. The van der Waals surface area contributed by atoms with Crippen molar-refractivity contribution in [2.24, 2.45) is 0 Å². The maximum atomic E-state index is 12.7. The maximum absolute atomic E-state index is 12.7. The van der Waals surface area contributed by atoms with E-state index in [1.54, 1.807) is 36.1 Å². The van der Waals surface area contributed by atoms with Gasteiger partial charge in [0.15, 0.2) is 0 Å². The highest BCUT2D eigenvalue weighted by atomic mass is 35.5. The van der Waals surface area contributed by atoms with E-state index in [4.69, 9.17) is 11.6 Å². The third kappa shape index (κ3) is 4.98. The van der Waals surface area contributed by atoms with Gasteiger partial charge in [-0.1, -0.05) is 29.3 Å². The Kier molecular flexibility index (Phi) is 6.62. The summed E-state index contributed by atoms with van der Waals surface area (Å²) >= 11 is 6.86. The zero-order valence-electron chi connectivity index (χ0n) is 16.1. The first-order valence-corrected chi connectivity index (χ1v) is 11.7. The number of carbonyl (C=O) groups is 2. The van der Waals surface area contributed by atoms with Gasteiger partial charge in [0, 0.05) is 31.7 Å². The van der Waals surface area contributed by atoms with Crippen molar-refractivity contribution in [1.29, 1.82) is 0 Å². The predicted octanol–water partition coefficient (Wildman–Crippen LogP) is 2.36. The average molecular weight is 456 g/mol. The summed E-state index contributed by atoms with van der Waals surface area (Å²) in [6, 6.07) is 9.47. The van der Waals surface area contributed by atoms with Crippen molar-refractivity contribution >= 4 is 44.8 Å². The number of rotatable bonds is 5.